The zero-order valence-electron chi connectivity index (χ0n) is 8.66. The number of fused-ring (bicyclic) bond motifs is 1. The Labute approximate surface area is 102 Å². The van der Waals surface area contributed by atoms with E-state index in [1.165, 1.54) is 4.90 Å². The van der Waals surface area contributed by atoms with Crippen LogP contribution in [-0.4, -0.2) is 18.9 Å². The molecule has 1 unspecified atom stereocenters. The topological polar surface area (TPSA) is 63.4 Å². The summed E-state index contributed by atoms with van der Waals surface area (Å²) in [4.78, 5) is 24.4. The Balaban J connectivity index is 2.48. The number of benzene rings is 1. The van der Waals surface area contributed by atoms with Crippen LogP contribution in [0.2, 0.25) is 0 Å². The lowest BCUT2D eigenvalue weighted by atomic mass is 9.91. The molecule has 0 saturated heterocycles. The minimum absolute atomic E-state index is 0.254. The number of nitrogens with zero attached hydrogens (tertiary/aromatic N) is 1. The highest BCUT2D eigenvalue weighted by atomic mass is 79.9. The van der Waals surface area contributed by atoms with E-state index in [9.17, 15) is 9.59 Å². The molecular formula is C11H10BrN2O2. The third-order valence-corrected chi connectivity index (χ3v) is 3.19. The second kappa shape index (κ2) is 3.90. The maximum Gasteiger partial charge on any atom is 0.239 e. The Bertz CT molecular complexity index is 473. The normalized spacial score (nSPS) is 19.5. The standard InChI is InChI=1S/C11H10BrN2O2/c1-14-9-3-2-7(12)4-6(9)5-8(10(13)15)11(14)16/h3-4,8H,5H2,1H3,(H2,13,15). The summed E-state index contributed by atoms with van der Waals surface area (Å²) in [7, 11) is 1.64. The highest BCUT2D eigenvalue weighted by molar-refractivity contribution is 9.10. The Morgan fingerprint density at radius 3 is 3.00 bits per heavy atom. The van der Waals surface area contributed by atoms with Crippen molar-refractivity contribution < 1.29 is 9.59 Å². The Hall–Kier alpha value is -1.36. The summed E-state index contributed by atoms with van der Waals surface area (Å²) in [5.41, 5.74) is 6.92. The molecule has 0 saturated carbocycles. The van der Waals surface area contributed by atoms with Crippen molar-refractivity contribution in [3.8, 4) is 0 Å². The van der Waals surface area contributed by atoms with Gasteiger partial charge in [0.15, 0.2) is 0 Å². The number of halogens is 1. The van der Waals surface area contributed by atoms with Crippen molar-refractivity contribution in [2.75, 3.05) is 11.9 Å². The first-order chi connectivity index (χ1) is 7.50. The minimum atomic E-state index is -0.758. The molecule has 1 aliphatic rings. The molecule has 5 heteroatoms. The van der Waals surface area contributed by atoms with Gasteiger partial charge >= 0.3 is 0 Å². The number of carbonyl (C=O) groups is 2. The van der Waals surface area contributed by atoms with Crippen LogP contribution in [0.15, 0.2) is 16.6 Å². The SMILES string of the molecule is CN1C(=O)C(C(N)=O)Cc2cc(Br)[c]cc21. The van der Waals surface area contributed by atoms with Crippen molar-refractivity contribution in [2.45, 2.75) is 6.42 Å². The summed E-state index contributed by atoms with van der Waals surface area (Å²) in [6.45, 7) is 0. The molecule has 1 atom stereocenters. The average molecular weight is 282 g/mol. The molecule has 1 aromatic rings. The molecular weight excluding hydrogens is 272 g/mol. The van der Waals surface area contributed by atoms with Crippen LogP contribution in [0.3, 0.4) is 0 Å². The van der Waals surface area contributed by atoms with Gasteiger partial charge in [-0.25, -0.2) is 0 Å². The molecule has 1 radical (unpaired) electrons. The number of nitrogens with two attached hydrogens (primary N) is 1. The first-order valence-electron chi connectivity index (χ1n) is 4.77. The maximum atomic E-state index is 11.8. The summed E-state index contributed by atoms with van der Waals surface area (Å²) < 4.78 is 0.803. The van der Waals surface area contributed by atoms with Gasteiger partial charge in [0.2, 0.25) is 11.8 Å². The summed E-state index contributed by atoms with van der Waals surface area (Å²) in [5.74, 6) is -1.59. The fraction of sp³-hybridized carbons (Fsp3) is 0.273. The third-order valence-electron chi connectivity index (χ3n) is 2.73. The fourth-order valence-electron chi connectivity index (χ4n) is 1.86. The molecule has 1 heterocycles. The second-order valence-corrected chi connectivity index (χ2v) is 4.60. The number of hydrogen-bond donors (Lipinski definition) is 1. The lowest BCUT2D eigenvalue weighted by Gasteiger charge is -2.30. The molecule has 16 heavy (non-hydrogen) atoms. The van der Waals surface area contributed by atoms with Crippen molar-refractivity contribution in [1.82, 2.24) is 0 Å². The van der Waals surface area contributed by atoms with Crippen molar-refractivity contribution in [3.63, 3.8) is 0 Å². The number of amides is 2. The summed E-state index contributed by atoms with van der Waals surface area (Å²) in [6, 6.07) is 6.55. The zero-order chi connectivity index (χ0) is 11.9. The lowest BCUT2D eigenvalue weighted by Crippen LogP contribution is -2.44. The summed E-state index contributed by atoms with van der Waals surface area (Å²) >= 11 is 3.31. The molecule has 0 spiro atoms. The van der Waals surface area contributed by atoms with Gasteiger partial charge in [-0.15, -0.1) is 0 Å². The van der Waals surface area contributed by atoms with E-state index in [0.717, 1.165) is 15.7 Å². The summed E-state index contributed by atoms with van der Waals surface area (Å²) in [5, 5.41) is 0. The molecule has 0 fully saturated rings. The molecule has 4 nitrogen and oxygen atoms in total. The van der Waals surface area contributed by atoms with Gasteiger partial charge in [0.25, 0.3) is 0 Å². The number of primary amides is 1. The van der Waals surface area contributed by atoms with Crippen LogP contribution >= 0.6 is 15.9 Å². The van der Waals surface area contributed by atoms with Crippen LogP contribution in [0.5, 0.6) is 0 Å². The maximum absolute atomic E-state index is 11.8. The van der Waals surface area contributed by atoms with Gasteiger partial charge in [0, 0.05) is 17.2 Å². The third kappa shape index (κ3) is 1.71. The van der Waals surface area contributed by atoms with E-state index in [1.54, 1.807) is 13.1 Å². The number of hydrogen-bond acceptors (Lipinski definition) is 2. The Kier molecular flexibility index (Phi) is 2.71. The predicted octanol–water partition coefficient (Wildman–Crippen LogP) is 0.870. The van der Waals surface area contributed by atoms with Gasteiger partial charge in [-0.2, -0.15) is 0 Å². The quantitative estimate of drug-likeness (QED) is 0.777. The van der Waals surface area contributed by atoms with Gasteiger partial charge in [0.05, 0.1) is 0 Å². The van der Waals surface area contributed by atoms with E-state index in [-0.39, 0.29) is 5.91 Å². The molecule has 1 aromatic carbocycles. The molecule has 0 bridgehead atoms. The van der Waals surface area contributed by atoms with E-state index in [0.29, 0.717) is 6.42 Å². The molecule has 2 amide bonds. The largest absolute Gasteiger partial charge is 0.369 e. The van der Waals surface area contributed by atoms with Crippen molar-refractivity contribution in [2.24, 2.45) is 11.7 Å². The van der Waals surface area contributed by atoms with Crippen molar-refractivity contribution in [3.05, 3.63) is 28.2 Å². The van der Waals surface area contributed by atoms with Crippen LogP contribution in [0.1, 0.15) is 5.56 Å². The molecule has 0 aromatic heterocycles. The molecule has 83 valence electrons. The zero-order valence-corrected chi connectivity index (χ0v) is 10.2. The molecule has 2 N–H and O–H groups in total. The molecule has 0 aliphatic carbocycles. The van der Waals surface area contributed by atoms with Crippen molar-refractivity contribution in [1.29, 1.82) is 0 Å². The number of carbonyl (C=O) groups excluding carboxylic acids is 2. The average Bonchev–Trinajstić information content (AvgIpc) is 2.22. The lowest BCUT2D eigenvalue weighted by molar-refractivity contribution is -0.132. The van der Waals surface area contributed by atoms with Gasteiger partial charge in [-0.05, 0) is 30.2 Å². The Morgan fingerprint density at radius 2 is 2.38 bits per heavy atom. The van der Waals surface area contributed by atoms with Crippen molar-refractivity contribution >= 4 is 33.4 Å². The van der Waals surface area contributed by atoms with Crippen LogP contribution in [0.25, 0.3) is 0 Å². The van der Waals surface area contributed by atoms with E-state index in [4.69, 9.17) is 5.73 Å². The van der Waals surface area contributed by atoms with E-state index < -0.39 is 11.8 Å². The van der Waals surface area contributed by atoms with Gasteiger partial charge in [0.1, 0.15) is 5.92 Å². The summed E-state index contributed by atoms with van der Waals surface area (Å²) in [6.07, 6.45) is 0.362. The van der Waals surface area contributed by atoms with E-state index >= 15 is 0 Å². The van der Waals surface area contributed by atoms with Crippen LogP contribution in [0.4, 0.5) is 5.69 Å². The fourth-order valence-corrected chi connectivity index (χ4v) is 2.25. The molecule has 2 rings (SSSR count). The van der Waals surface area contributed by atoms with Crippen LogP contribution < -0.4 is 10.6 Å². The smallest absolute Gasteiger partial charge is 0.239 e. The highest BCUT2D eigenvalue weighted by Crippen LogP contribution is 2.31. The first-order valence-corrected chi connectivity index (χ1v) is 5.57. The monoisotopic (exact) mass is 281 g/mol. The minimum Gasteiger partial charge on any atom is -0.369 e. The highest BCUT2D eigenvalue weighted by Gasteiger charge is 2.34. The number of rotatable bonds is 1. The second-order valence-electron chi connectivity index (χ2n) is 3.75. The predicted molar refractivity (Wildman–Crippen MR) is 62.8 cm³/mol. The van der Waals surface area contributed by atoms with Crippen LogP contribution in [0, 0.1) is 12.0 Å². The van der Waals surface area contributed by atoms with Crippen LogP contribution in [-0.2, 0) is 16.0 Å². The van der Waals surface area contributed by atoms with Gasteiger partial charge < -0.3 is 10.6 Å². The van der Waals surface area contributed by atoms with E-state index in [2.05, 4.69) is 22.0 Å². The van der Waals surface area contributed by atoms with Gasteiger partial charge in [-0.1, -0.05) is 15.9 Å². The first kappa shape index (κ1) is 11.1. The number of anilines is 1. The Morgan fingerprint density at radius 1 is 1.69 bits per heavy atom. The van der Waals surface area contributed by atoms with E-state index in [1.807, 2.05) is 6.07 Å². The van der Waals surface area contributed by atoms with Gasteiger partial charge in [-0.3, -0.25) is 9.59 Å². The molecule has 1 aliphatic heterocycles.